The van der Waals surface area contributed by atoms with Crippen LogP contribution in [0, 0.1) is 6.92 Å². The van der Waals surface area contributed by atoms with Gasteiger partial charge in [0.05, 0.1) is 7.11 Å². The molecule has 2 rings (SSSR count). The highest BCUT2D eigenvalue weighted by molar-refractivity contribution is 9.10. The van der Waals surface area contributed by atoms with E-state index in [1.807, 2.05) is 12.1 Å². The standard InChI is InChI=1S/C22H31BrN2O2/c1-5-25(6-2)13-12-24-15-19-20(23)10-11-21(26-4)22(19)27-16-18-9-7-8-17(3)14-18/h7-11,14,24H,5-6,12-13,15-16H2,1-4H3. The van der Waals surface area contributed by atoms with Crippen LogP contribution in [0.3, 0.4) is 0 Å². The number of benzene rings is 2. The molecule has 0 aliphatic carbocycles. The lowest BCUT2D eigenvalue weighted by Crippen LogP contribution is -2.31. The maximum atomic E-state index is 6.20. The number of ether oxygens (including phenoxy) is 2. The van der Waals surface area contributed by atoms with Gasteiger partial charge in [-0.2, -0.15) is 0 Å². The zero-order valence-electron chi connectivity index (χ0n) is 16.8. The van der Waals surface area contributed by atoms with Crippen LogP contribution in [-0.2, 0) is 13.2 Å². The molecule has 0 aliphatic rings. The molecular weight excluding hydrogens is 404 g/mol. The first-order valence-corrected chi connectivity index (χ1v) is 10.3. The van der Waals surface area contributed by atoms with Crippen molar-refractivity contribution in [1.82, 2.24) is 10.2 Å². The van der Waals surface area contributed by atoms with Gasteiger partial charge in [-0.3, -0.25) is 0 Å². The molecule has 0 bridgehead atoms. The molecule has 27 heavy (non-hydrogen) atoms. The Morgan fingerprint density at radius 3 is 2.56 bits per heavy atom. The highest BCUT2D eigenvalue weighted by Gasteiger charge is 2.15. The smallest absolute Gasteiger partial charge is 0.167 e. The number of aryl methyl sites for hydroxylation is 1. The van der Waals surface area contributed by atoms with Crippen molar-refractivity contribution in [1.29, 1.82) is 0 Å². The number of hydrogen-bond donors (Lipinski definition) is 1. The zero-order valence-corrected chi connectivity index (χ0v) is 18.4. The van der Waals surface area contributed by atoms with Crippen molar-refractivity contribution in [3.05, 3.63) is 57.6 Å². The van der Waals surface area contributed by atoms with Gasteiger partial charge < -0.3 is 19.7 Å². The number of nitrogens with zero attached hydrogens (tertiary/aromatic N) is 1. The van der Waals surface area contributed by atoms with Gasteiger partial charge in [0.25, 0.3) is 0 Å². The summed E-state index contributed by atoms with van der Waals surface area (Å²) < 4.78 is 12.8. The highest BCUT2D eigenvalue weighted by Crippen LogP contribution is 2.36. The number of halogens is 1. The Hall–Kier alpha value is -1.56. The average Bonchev–Trinajstić information content (AvgIpc) is 2.68. The Balaban J connectivity index is 2.08. The molecule has 0 radical (unpaired) electrons. The molecule has 0 spiro atoms. The van der Waals surface area contributed by atoms with Gasteiger partial charge in [0.15, 0.2) is 11.5 Å². The first-order valence-electron chi connectivity index (χ1n) is 9.55. The van der Waals surface area contributed by atoms with E-state index in [0.29, 0.717) is 6.61 Å². The van der Waals surface area contributed by atoms with E-state index < -0.39 is 0 Å². The predicted molar refractivity (Wildman–Crippen MR) is 116 cm³/mol. The van der Waals surface area contributed by atoms with Crippen molar-refractivity contribution in [3.63, 3.8) is 0 Å². The van der Waals surface area contributed by atoms with Crippen molar-refractivity contribution in [2.75, 3.05) is 33.3 Å². The molecule has 0 heterocycles. The third-order valence-electron chi connectivity index (χ3n) is 4.65. The van der Waals surface area contributed by atoms with E-state index in [-0.39, 0.29) is 0 Å². The van der Waals surface area contributed by atoms with Crippen LogP contribution in [0.2, 0.25) is 0 Å². The van der Waals surface area contributed by atoms with Crippen molar-refractivity contribution in [2.45, 2.75) is 33.9 Å². The van der Waals surface area contributed by atoms with E-state index in [4.69, 9.17) is 9.47 Å². The van der Waals surface area contributed by atoms with Gasteiger partial charge in [0.2, 0.25) is 0 Å². The van der Waals surface area contributed by atoms with Crippen molar-refractivity contribution < 1.29 is 9.47 Å². The van der Waals surface area contributed by atoms with E-state index in [0.717, 1.165) is 59.8 Å². The van der Waals surface area contributed by atoms with Gasteiger partial charge in [0, 0.05) is 29.7 Å². The van der Waals surface area contributed by atoms with Gasteiger partial charge in [-0.25, -0.2) is 0 Å². The lowest BCUT2D eigenvalue weighted by Gasteiger charge is -2.20. The molecule has 0 saturated heterocycles. The summed E-state index contributed by atoms with van der Waals surface area (Å²) in [6.07, 6.45) is 0. The summed E-state index contributed by atoms with van der Waals surface area (Å²) in [7, 11) is 1.68. The molecule has 5 heteroatoms. The Morgan fingerprint density at radius 1 is 1.11 bits per heavy atom. The maximum absolute atomic E-state index is 6.20. The molecule has 0 amide bonds. The quantitative estimate of drug-likeness (QED) is 0.516. The lowest BCUT2D eigenvalue weighted by molar-refractivity contribution is 0.278. The van der Waals surface area contributed by atoms with Crippen LogP contribution in [0.25, 0.3) is 0 Å². The second-order valence-corrected chi connectivity index (χ2v) is 7.39. The largest absolute Gasteiger partial charge is 0.493 e. The fraction of sp³-hybridized carbons (Fsp3) is 0.455. The molecule has 2 aromatic carbocycles. The van der Waals surface area contributed by atoms with Crippen LogP contribution >= 0.6 is 15.9 Å². The lowest BCUT2D eigenvalue weighted by atomic mass is 10.1. The second-order valence-electron chi connectivity index (χ2n) is 6.54. The van der Waals surface area contributed by atoms with E-state index >= 15 is 0 Å². The first kappa shape index (κ1) is 21.7. The van der Waals surface area contributed by atoms with E-state index in [1.54, 1.807) is 7.11 Å². The molecule has 0 aromatic heterocycles. The summed E-state index contributed by atoms with van der Waals surface area (Å²) in [5.41, 5.74) is 3.47. The summed E-state index contributed by atoms with van der Waals surface area (Å²) in [5.74, 6) is 1.55. The molecule has 0 unspecified atom stereocenters. The van der Waals surface area contributed by atoms with Crippen LogP contribution in [0.5, 0.6) is 11.5 Å². The van der Waals surface area contributed by atoms with Crippen LogP contribution in [0.1, 0.15) is 30.5 Å². The molecule has 0 atom stereocenters. The van der Waals surface area contributed by atoms with Gasteiger partial charge in [-0.15, -0.1) is 0 Å². The zero-order chi connectivity index (χ0) is 19.6. The summed E-state index contributed by atoms with van der Waals surface area (Å²) >= 11 is 3.67. The summed E-state index contributed by atoms with van der Waals surface area (Å²) in [6.45, 7) is 11.8. The minimum Gasteiger partial charge on any atom is -0.493 e. The van der Waals surface area contributed by atoms with Crippen LogP contribution in [0.15, 0.2) is 40.9 Å². The van der Waals surface area contributed by atoms with Gasteiger partial charge >= 0.3 is 0 Å². The molecule has 0 fully saturated rings. The SMILES string of the molecule is CCN(CC)CCNCc1c(Br)ccc(OC)c1OCc1cccc(C)c1. The van der Waals surface area contributed by atoms with Crippen molar-refractivity contribution in [3.8, 4) is 11.5 Å². The Kier molecular flexibility index (Phi) is 9.11. The van der Waals surface area contributed by atoms with Crippen molar-refractivity contribution in [2.24, 2.45) is 0 Å². The Bertz CT molecular complexity index is 717. The summed E-state index contributed by atoms with van der Waals surface area (Å²) in [6, 6.07) is 12.3. The molecule has 0 saturated carbocycles. The average molecular weight is 435 g/mol. The fourth-order valence-corrected chi connectivity index (χ4v) is 3.47. The maximum Gasteiger partial charge on any atom is 0.167 e. The minimum absolute atomic E-state index is 0.515. The third-order valence-corrected chi connectivity index (χ3v) is 5.40. The molecule has 4 nitrogen and oxygen atoms in total. The highest BCUT2D eigenvalue weighted by atomic mass is 79.9. The van der Waals surface area contributed by atoms with Crippen LogP contribution in [0.4, 0.5) is 0 Å². The molecule has 1 N–H and O–H groups in total. The topological polar surface area (TPSA) is 33.7 Å². The van der Waals surface area contributed by atoms with Gasteiger partial charge in [0.1, 0.15) is 6.61 Å². The number of methoxy groups -OCH3 is 1. The third kappa shape index (κ3) is 6.52. The van der Waals surface area contributed by atoms with E-state index in [2.05, 4.69) is 71.2 Å². The van der Waals surface area contributed by atoms with Crippen LogP contribution < -0.4 is 14.8 Å². The molecular formula is C22H31BrN2O2. The number of nitrogens with one attached hydrogen (secondary N) is 1. The van der Waals surface area contributed by atoms with Gasteiger partial charge in [-0.1, -0.05) is 59.6 Å². The number of rotatable bonds is 11. The van der Waals surface area contributed by atoms with Crippen LogP contribution in [-0.4, -0.2) is 38.2 Å². The molecule has 0 aliphatic heterocycles. The Labute approximate surface area is 172 Å². The molecule has 148 valence electrons. The van der Waals surface area contributed by atoms with E-state index in [1.165, 1.54) is 5.56 Å². The summed E-state index contributed by atoms with van der Waals surface area (Å²) in [5, 5.41) is 3.53. The molecule has 2 aromatic rings. The van der Waals surface area contributed by atoms with Crippen molar-refractivity contribution >= 4 is 15.9 Å². The van der Waals surface area contributed by atoms with E-state index in [9.17, 15) is 0 Å². The normalized spacial score (nSPS) is 11.0. The monoisotopic (exact) mass is 434 g/mol. The van der Waals surface area contributed by atoms with Gasteiger partial charge in [-0.05, 0) is 37.7 Å². The Morgan fingerprint density at radius 2 is 1.89 bits per heavy atom. The first-order chi connectivity index (χ1) is 13.1. The predicted octanol–water partition coefficient (Wildman–Crippen LogP) is 4.78. The second kappa shape index (κ2) is 11.3. The fourth-order valence-electron chi connectivity index (χ4n) is 3.01. The minimum atomic E-state index is 0.515. The summed E-state index contributed by atoms with van der Waals surface area (Å²) in [4.78, 5) is 2.41. The number of hydrogen-bond acceptors (Lipinski definition) is 4. The number of likely N-dealkylation sites (N-methyl/N-ethyl adjacent to an activating group) is 1.